The van der Waals surface area contributed by atoms with Crippen molar-refractivity contribution in [2.24, 2.45) is 0 Å². The van der Waals surface area contributed by atoms with E-state index in [0.29, 0.717) is 17.8 Å². The van der Waals surface area contributed by atoms with E-state index in [0.717, 1.165) is 24.6 Å². The second kappa shape index (κ2) is 6.08. The Kier molecular flexibility index (Phi) is 4.13. The third-order valence-electron chi connectivity index (χ3n) is 3.50. The highest BCUT2D eigenvalue weighted by molar-refractivity contribution is 6.35. The molecule has 1 aromatic heterocycles. The summed E-state index contributed by atoms with van der Waals surface area (Å²) in [5.41, 5.74) is 0.137. The van der Waals surface area contributed by atoms with Gasteiger partial charge in [-0.2, -0.15) is 0 Å². The number of hydrogen-bond acceptors (Lipinski definition) is 2. The summed E-state index contributed by atoms with van der Waals surface area (Å²) in [7, 11) is 0. The van der Waals surface area contributed by atoms with Crippen LogP contribution in [0.3, 0.4) is 0 Å². The van der Waals surface area contributed by atoms with Crippen LogP contribution in [0.4, 0.5) is 8.78 Å². The van der Waals surface area contributed by atoms with Crippen LogP contribution >= 0.6 is 11.6 Å². The van der Waals surface area contributed by atoms with Crippen LogP contribution < -0.4 is 5.56 Å². The number of aromatic nitrogens is 2. The minimum atomic E-state index is -0.756. The summed E-state index contributed by atoms with van der Waals surface area (Å²) in [5.74, 6) is -1.07. The van der Waals surface area contributed by atoms with Gasteiger partial charge in [0.1, 0.15) is 17.5 Å². The van der Waals surface area contributed by atoms with E-state index in [1.54, 1.807) is 18.2 Å². The van der Waals surface area contributed by atoms with E-state index in [4.69, 9.17) is 11.6 Å². The second-order valence-electron chi connectivity index (χ2n) is 5.18. The third-order valence-corrected chi connectivity index (χ3v) is 3.81. The Balaban J connectivity index is 2.42. The van der Waals surface area contributed by atoms with Crippen LogP contribution in [-0.2, 0) is 6.42 Å². The molecule has 0 atom stereocenters. The molecule has 0 amide bonds. The second-order valence-corrected chi connectivity index (χ2v) is 5.59. The van der Waals surface area contributed by atoms with Crippen molar-refractivity contribution in [1.82, 2.24) is 9.55 Å². The highest BCUT2D eigenvalue weighted by atomic mass is 35.5. The van der Waals surface area contributed by atoms with Crippen molar-refractivity contribution >= 4 is 22.5 Å². The molecule has 118 valence electrons. The van der Waals surface area contributed by atoms with Crippen LogP contribution in [0.2, 0.25) is 5.02 Å². The molecule has 0 bridgehead atoms. The fraction of sp³-hybridized carbons (Fsp3) is 0.176. The molecule has 3 nitrogen and oxygen atoms in total. The van der Waals surface area contributed by atoms with E-state index in [9.17, 15) is 13.6 Å². The van der Waals surface area contributed by atoms with Gasteiger partial charge in [-0.25, -0.2) is 13.8 Å². The quantitative estimate of drug-likeness (QED) is 0.717. The summed E-state index contributed by atoms with van der Waals surface area (Å²) in [6, 6.07) is 7.96. The lowest BCUT2D eigenvalue weighted by molar-refractivity contribution is 0.580. The Morgan fingerprint density at radius 2 is 1.87 bits per heavy atom. The van der Waals surface area contributed by atoms with Crippen LogP contribution in [0.25, 0.3) is 16.6 Å². The SMILES string of the molecule is CCCc1nc2cccc(Cl)c2c(=O)n1-c1cc(F)cc(F)c1. The van der Waals surface area contributed by atoms with Gasteiger partial charge in [0, 0.05) is 12.5 Å². The van der Waals surface area contributed by atoms with E-state index in [1.165, 1.54) is 4.57 Å². The monoisotopic (exact) mass is 334 g/mol. The molecular formula is C17H13ClF2N2O. The smallest absolute Gasteiger partial charge is 0.267 e. The Labute approximate surface area is 136 Å². The standard InChI is InChI=1S/C17H13ClF2N2O/c1-2-4-15-21-14-6-3-5-13(18)16(14)17(23)22(15)12-8-10(19)7-11(20)9-12/h3,5-9H,2,4H2,1H3. The largest absolute Gasteiger partial charge is 0.268 e. The highest BCUT2D eigenvalue weighted by Crippen LogP contribution is 2.21. The number of halogens is 3. The lowest BCUT2D eigenvalue weighted by Crippen LogP contribution is -2.24. The molecule has 1 heterocycles. The summed E-state index contributed by atoms with van der Waals surface area (Å²) >= 11 is 6.11. The first-order valence-electron chi connectivity index (χ1n) is 7.18. The van der Waals surface area contributed by atoms with Crippen molar-refractivity contribution < 1.29 is 8.78 Å². The Hall–Kier alpha value is -2.27. The van der Waals surface area contributed by atoms with Gasteiger partial charge in [-0.3, -0.25) is 9.36 Å². The van der Waals surface area contributed by atoms with Gasteiger partial charge < -0.3 is 0 Å². The van der Waals surface area contributed by atoms with Gasteiger partial charge in [0.05, 0.1) is 21.6 Å². The maximum atomic E-state index is 13.6. The lowest BCUT2D eigenvalue weighted by atomic mass is 10.2. The third kappa shape index (κ3) is 2.84. The number of hydrogen-bond donors (Lipinski definition) is 0. The first-order valence-corrected chi connectivity index (χ1v) is 7.55. The molecule has 6 heteroatoms. The molecule has 0 saturated heterocycles. The fourth-order valence-corrected chi connectivity index (χ4v) is 2.81. The van der Waals surface area contributed by atoms with E-state index in [2.05, 4.69) is 4.98 Å². The molecule has 2 aromatic carbocycles. The van der Waals surface area contributed by atoms with Gasteiger partial charge >= 0.3 is 0 Å². The molecule has 0 aliphatic carbocycles. The summed E-state index contributed by atoms with van der Waals surface area (Å²) in [6.45, 7) is 1.94. The lowest BCUT2D eigenvalue weighted by Gasteiger charge is -2.14. The molecule has 0 unspecified atom stereocenters. The van der Waals surface area contributed by atoms with Gasteiger partial charge in [-0.15, -0.1) is 0 Å². The zero-order valence-corrected chi connectivity index (χ0v) is 13.1. The first kappa shape index (κ1) is 15.6. The van der Waals surface area contributed by atoms with Crippen molar-refractivity contribution in [2.75, 3.05) is 0 Å². The molecule has 3 aromatic rings. The molecule has 0 radical (unpaired) electrons. The Morgan fingerprint density at radius 3 is 2.52 bits per heavy atom. The van der Waals surface area contributed by atoms with Gasteiger partial charge in [-0.05, 0) is 30.7 Å². The minimum absolute atomic E-state index is 0.102. The molecule has 0 fully saturated rings. The number of aryl methyl sites for hydroxylation is 1. The summed E-state index contributed by atoms with van der Waals surface area (Å²) in [6.07, 6.45) is 1.23. The van der Waals surface area contributed by atoms with Crippen LogP contribution in [0.1, 0.15) is 19.2 Å². The van der Waals surface area contributed by atoms with Crippen LogP contribution in [0.15, 0.2) is 41.2 Å². The number of fused-ring (bicyclic) bond motifs is 1. The molecular weight excluding hydrogens is 322 g/mol. The van der Waals surface area contributed by atoms with E-state index in [1.807, 2.05) is 6.92 Å². The Morgan fingerprint density at radius 1 is 1.17 bits per heavy atom. The fourth-order valence-electron chi connectivity index (χ4n) is 2.56. The van der Waals surface area contributed by atoms with Gasteiger partial charge in [0.15, 0.2) is 0 Å². The predicted octanol–water partition coefficient (Wildman–Crippen LogP) is 4.27. The van der Waals surface area contributed by atoms with Gasteiger partial charge in [-0.1, -0.05) is 24.6 Å². The van der Waals surface area contributed by atoms with Gasteiger partial charge in [0.25, 0.3) is 5.56 Å². The van der Waals surface area contributed by atoms with Crippen molar-refractivity contribution in [1.29, 1.82) is 0 Å². The molecule has 0 spiro atoms. The van der Waals surface area contributed by atoms with Crippen LogP contribution in [0.5, 0.6) is 0 Å². The van der Waals surface area contributed by atoms with Crippen molar-refractivity contribution in [3.63, 3.8) is 0 Å². The van der Waals surface area contributed by atoms with E-state index >= 15 is 0 Å². The predicted molar refractivity (Wildman–Crippen MR) is 86.3 cm³/mol. The summed E-state index contributed by atoms with van der Waals surface area (Å²) < 4.78 is 28.3. The van der Waals surface area contributed by atoms with Crippen molar-refractivity contribution in [3.05, 3.63) is 69.2 Å². The van der Waals surface area contributed by atoms with Crippen molar-refractivity contribution in [2.45, 2.75) is 19.8 Å². The van der Waals surface area contributed by atoms with Crippen LogP contribution in [-0.4, -0.2) is 9.55 Å². The average molecular weight is 335 g/mol. The zero-order valence-electron chi connectivity index (χ0n) is 12.3. The number of benzene rings is 2. The minimum Gasteiger partial charge on any atom is -0.268 e. The van der Waals surface area contributed by atoms with Crippen molar-refractivity contribution in [3.8, 4) is 5.69 Å². The van der Waals surface area contributed by atoms with E-state index in [-0.39, 0.29) is 16.1 Å². The average Bonchev–Trinajstić information content (AvgIpc) is 2.46. The Bertz CT molecular complexity index is 933. The molecule has 0 aliphatic heterocycles. The number of rotatable bonds is 3. The van der Waals surface area contributed by atoms with E-state index < -0.39 is 17.2 Å². The first-order chi connectivity index (χ1) is 11.0. The normalized spacial score (nSPS) is 11.1. The molecule has 0 N–H and O–H groups in total. The molecule has 3 rings (SSSR count). The molecule has 0 aliphatic rings. The molecule has 23 heavy (non-hydrogen) atoms. The zero-order chi connectivity index (χ0) is 16.6. The maximum absolute atomic E-state index is 13.6. The number of nitrogens with zero attached hydrogens (tertiary/aromatic N) is 2. The van der Waals surface area contributed by atoms with Gasteiger partial charge in [0.2, 0.25) is 0 Å². The molecule has 0 saturated carbocycles. The maximum Gasteiger partial charge on any atom is 0.267 e. The summed E-state index contributed by atoms with van der Waals surface area (Å²) in [5, 5.41) is 0.493. The highest BCUT2D eigenvalue weighted by Gasteiger charge is 2.15. The van der Waals surface area contributed by atoms with Crippen LogP contribution in [0, 0.1) is 11.6 Å². The summed E-state index contributed by atoms with van der Waals surface area (Å²) in [4.78, 5) is 17.3. The topological polar surface area (TPSA) is 34.9 Å².